The lowest BCUT2D eigenvalue weighted by Crippen LogP contribution is -2.50. The van der Waals surface area contributed by atoms with Crippen molar-refractivity contribution in [3.8, 4) is 0 Å². The fourth-order valence-corrected chi connectivity index (χ4v) is 8.84. The minimum absolute atomic E-state index is 0.0138. The van der Waals surface area contributed by atoms with Crippen molar-refractivity contribution in [1.29, 1.82) is 0 Å². The fraction of sp³-hybridized carbons (Fsp3) is 0.742. The Morgan fingerprint density at radius 1 is 0.361 bits per heavy atom. The number of hydrogen-bond acceptors (Lipinski definition) is 6. The van der Waals surface area contributed by atoms with E-state index in [1.165, 1.54) is 180 Å². The molecule has 72 heavy (non-hydrogen) atoms. The van der Waals surface area contributed by atoms with Crippen LogP contribution in [0.2, 0.25) is 0 Å². The summed E-state index contributed by atoms with van der Waals surface area (Å²) in [5.41, 5.74) is 1.84. The van der Waals surface area contributed by atoms with E-state index >= 15 is 0 Å². The first-order valence-electron chi connectivity index (χ1n) is 29.6. The van der Waals surface area contributed by atoms with Crippen LogP contribution >= 0.6 is 0 Å². The molecule has 10 nitrogen and oxygen atoms in total. The molecular weight excluding hydrogens is 897 g/mol. The zero-order valence-electron chi connectivity index (χ0n) is 47.0. The Morgan fingerprint density at radius 2 is 0.597 bits per heavy atom. The molecule has 2 rings (SSSR count). The van der Waals surface area contributed by atoms with Gasteiger partial charge in [0.2, 0.25) is 11.8 Å². The van der Waals surface area contributed by atoms with Crippen molar-refractivity contribution in [3.63, 3.8) is 0 Å². The molecule has 412 valence electrons. The van der Waals surface area contributed by atoms with Gasteiger partial charge in [-0.2, -0.15) is 0 Å². The van der Waals surface area contributed by atoms with Gasteiger partial charge in [-0.15, -0.1) is 0 Å². The Balaban J connectivity index is 0.000000720. The molecule has 0 saturated heterocycles. The number of carbonyl (C=O) groups is 4. The molecule has 0 aliphatic rings. The third kappa shape index (κ3) is 39.4. The standard InChI is InChI=1S/2C31H54N2O3/c2*1-4-5-6-7-8-9-10-11-12-13-14-15-16-17-18-22-25-32-30(34)29(27(2)3)33-31(35)36-26-28-23-20-19-21-24-28/h2*19-21,23-24,27,29H,4-18,22,25-26H2,1-3H3,(H,32,34)(H,33,35). The lowest BCUT2D eigenvalue weighted by Gasteiger charge is -2.21. The van der Waals surface area contributed by atoms with E-state index in [2.05, 4.69) is 35.1 Å². The Hall–Kier alpha value is -4.08. The molecule has 0 aliphatic heterocycles. The highest BCUT2D eigenvalue weighted by Gasteiger charge is 2.25. The van der Waals surface area contributed by atoms with Crippen molar-refractivity contribution in [2.45, 2.75) is 272 Å². The van der Waals surface area contributed by atoms with Crippen molar-refractivity contribution in [1.82, 2.24) is 21.3 Å². The van der Waals surface area contributed by atoms with Gasteiger partial charge >= 0.3 is 12.2 Å². The number of ether oxygens (including phenoxy) is 2. The zero-order chi connectivity index (χ0) is 52.5. The Labute approximate surface area is 441 Å². The summed E-state index contributed by atoms with van der Waals surface area (Å²) in [6.45, 7) is 14.0. The van der Waals surface area contributed by atoms with Gasteiger partial charge in [0.05, 0.1) is 0 Å². The van der Waals surface area contributed by atoms with Crippen LogP contribution in [0.15, 0.2) is 60.7 Å². The molecule has 0 spiro atoms. The summed E-state index contributed by atoms with van der Waals surface area (Å²) in [6.07, 6.45) is 41.6. The molecular formula is C62H108N4O6. The van der Waals surface area contributed by atoms with Gasteiger partial charge in [0, 0.05) is 13.1 Å². The molecule has 0 bridgehead atoms. The number of nitrogens with one attached hydrogen (secondary N) is 4. The van der Waals surface area contributed by atoms with Gasteiger partial charge in [-0.3, -0.25) is 9.59 Å². The summed E-state index contributed by atoms with van der Waals surface area (Å²) >= 11 is 0. The molecule has 2 atom stereocenters. The maximum atomic E-state index is 12.6. The van der Waals surface area contributed by atoms with Crippen molar-refractivity contribution in [2.24, 2.45) is 11.8 Å². The number of unbranched alkanes of at least 4 members (excludes halogenated alkanes) is 30. The van der Waals surface area contributed by atoms with E-state index < -0.39 is 24.3 Å². The summed E-state index contributed by atoms with van der Waals surface area (Å²) in [5, 5.41) is 11.4. The first-order chi connectivity index (χ1) is 35.1. The molecule has 0 heterocycles. The third-order valence-corrected chi connectivity index (χ3v) is 13.5. The minimum atomic E-state index is -0.589. The molecule has 0 saturated carbocycles. The predicted octanol–water partition coefficient (Wildman–Crippen LogP) is 16.6. The van der Waals surface area contributed by atoms with E-state index in [0.29, 0.717) is 13.1 Å². The largest absolute Gasteiger partial charge is 0.445 e. The van der Waals surface area contributed by atoms with Crippen LogP contribution in [0.1, 0.15) is 258 Å². The maximum Gasteiger partial charge on any atom is 0.408 e. The summed E-state index contributed by atoms with van der Waals surface area (Å²) in [5.74, 6) is -0.301. The van der Waals surface area contributed by atoms with Crippen LogP contribution in [0.4, 0.5) is 9.59 Å². The summed E-state index contributed by atoms with van der Waals surface area (Å²) < 4.78 is 10.5. The van der Waals surface area contributed by atoms with E-state index in [0.717, 1.165) is 36.8 Å². The highest BCUT2D eigenvalue weighted by molar-refractivity contribution is 5.86. The van der Waals surface area contributed by atoms with Gasteiger partial charge in [-0.1, -0.05) is 295 Å². The Kier molecular flexibility index (Phi) is 43.9. The molecule has 0 aromatic heterocycles. The second-order valence-corrected chi connectivity index (χ2v) is 21.0. The minimum Gasteiger partial charge on any atom is -0.445 e. The molecule has 0 radical (unpaired) electrons. The molecule has 0 aliphatic carbocycles. The highest BCUT2D eigenvalue weighted by Crippen LogP contribution is 2.16. The molecule has 2 unspecified atom stereocenters. The molecule has 10 heteroatoms. The number of amides is 4. The monoisotopic (exact) mass is 1000 g/mol. The lowest BCUT2D eigenvalue weighted by molar-refractivity contribution is -0.124. The summed E-state index contributed by atoms with van der Waals surface area (Å²) in [6, 6.07) is 17.9. The van der Waals surface area contributed by atoms with E-state index in [4.69, 9.17) is 9.47 Å². The van der Waals surface area contributed by atoms with Crippen LogP contribution in [0, 0.1) is 11.8 Å². The Bertz CT molecular complexity index is 1440. The Morgan fingerprint density at radius 3 is 0.833 bits per heavy atom. The van der Waals surface area contributed by atoms with Crippen molar-refractivity contribution in [3.05, 3.63) is 71.8 Å². The lowest BCUT2D eigenvalue weighted by atomic mass is 10.0. The normalized spacial score (nSPS) is 11.9. The average molecular weight is 1010 g/mol. The summed E-state index contributed by atoms with van der Waals surface area (Å²) in [4.78, 5) is 49.5. The van der Waals surface area contributed by atoms with Crippen LogP contribution in [0.25, 0.3) is 0 Å². The van der Waals surface area contributed by atoms with Crippen LogP contribution in [0.3, 0.4) is 0 Å². The van der Waals surface area contributed by atoms with Gasteiger partial charge in [-0.25, -0.2) is 9.59 Å². The zero-order valence-corrected chi connectivity index (χ0v) is 47.0. The first kappa shape index (κ1) is 65.9. The molecule has 4 N–H and O–H groups in total. The van der Waals surface area contributed by atoms with Gasteiger partial charge in [0.15, 0.2) is 0 Å². The third-order valence-electron chi connectivity index (χ3n) is 13.5. The van der Waals surface area contributed by atoms with E-state index in [-0.39, 0.29) is 36.9 Å². The van der Waals surface area contributed by atoms with E-state index in [1.807, 2.05) is 88.4 Å². The molecule has 2 aromatic carbocycles. The topological polar surface area (TPSA) is 135 Å². The number of carbonyl (C=O) groups excluding carboxylic acids is 4. The van der Waals surface area contributed by atoms with Crippen LogP contribution < -0.4 is 21.3 Å². The van der Waals surface area contributed by atoms with Gasteiger partial charge < -0.3 is 30.7 Å². The average Bonchev–Trinajstić information content (AvgIpc) is 3.38. The van der Waals surface area contributed by atoms with Gasteiger partial charge in [0.25, 0.3) is 0 Å². The van der Waals surface area contributed by atoms with Crippen LogP contribution in [0.5, 0.6) is 0 Å². The maximum absolute atomic E-state index is 12.6. The van der Waals surface area contributed by atoms with Crippen molar-refractivity contribution < 1.29 is 28.7 Å². The quantitative estimate of drug-likeness (QED) is 0.0489. The number of alkyl carbamates (subject to hydrolysis) is 2. The van der Waals surface area contributed by atoms with Gasteiger partial charge in [0.1, 0.15) is 25.3 Å². The van der Waals surface area contributed by atoms with E-state index in [1.54, 1.807) is 0 Å². The molecule has 0 fully saturated rings. The number of rotatable bonds is 44. The second-order valence-electron chi connectivity index (χ2n) is 21.0. The van der Waals surface area contributed by atoms with Crippen LogP contribution in [-0.4, -0.2) is 49.2 Å². The van der Waals surface area contributed by atoms with Crippen molar-refractivity contribution in [2.75, 3.05) is 13.1 Å². The first-order valence-corrected chi connectivity index (χ1v) is 29.6. The molecule has 4 amide bonds. The molecule has 2 aromatic rings. The fourth-order valence-electron chi connectivity index (χ4n) is 8.84. The SMILES string of the molecule is CCCCCCCCCCCCCCCCCCNC(=O)C(NC(=O)OCc1ccccc1)C(C)C.CCCCCCCCCCCCCCCCCCNC(=O)C(NC(=O)OCc1ccccc1)C(C)C. The van der Waals surface area contributed by atoms with E-state index in [9.17, 15) is 19.2 Å². The second kappa shape index (κ2) is 47.9. The van der Waals surface area contributed by atoms with Crippen molar-refractivity contribution >= 4 is 24.0 Å². The number of benzene rings is 2. The summed E-state index contributed by atoms with van der Waals surface area (Å²) in [7, 11) is 0. The van der Waals surface area contributed by atoms with Crippen LogP contribution in [-0.2, 0) is 32.3 Å². The van der Waals surface area contributed by atoms with Gasteiger partial charge in [-0.05, 0) is 35.8 Å². The predicted molar refractivity (Wildman–Crippen MR) is 302 cm³/mol. The smallest absolute Gasteiger partial charge is 0.408 e. The highest BCUT2D eigenvalue weighted by atomic mass is 16.6. The number of hydrogen-bond donors (Lipinski definition) is 4.